The summed E-state index contributed by atoms with van der Waals surface area (Å²) < 4.78 is 32.7. The largest absolute Gasteiger partial charge is 0.452 e. The molecule has 1 aliphatic heterocycles. The van der Waals surface area contributed by atoms with Crippen LogP contribution < -0.4 is 10.5 Å². The lowest BCUT2D eigenvalue weighted by molar-refractivity contribution is 0.265. The van der Waals surface area contributed by atoms with E-state index < -0.39 is 10.0 Å². The Kier molecular flexibility index (Phi) is 5.48. The van der Waals surface area contributed by atoms with Gasteiger partial charge in [-0.25, -0.2) is 13.1 Å². The number of rotatable bonds is 6. The van der Waals surface area contributed by atoms with Crippen LogP contribution in [0.3, 0.4) is 0 Å². The van der Waals surface area contributed by atoms with Gasteiger partial charge in [0.25, 0.3) is 0 Å². The van der Waals surface area contributed by atoms with Crippen LogP contribution in [0.2, 0.25) is 0 Å². The number of hydrogen-bond acceptors (Lipinski definition) is 5. The fourth-order valence-corrected chi connectivity index (χ4v) is 4.60. The third-order valence-corrected chi connectivity index (χ3v) is 6.09. The molecule has 1 saturated heterocycles. The van der Waals surface area contributed by atoms with Crippen molar-refractivity contribution >= 4 is 26.0 Å². The van der Waals surface area contributed by atoms with E-state index in [1.807, 2.05) is 0 Å². The van der Waals surface area contributed by atoms with Gasteiger partial charge in [-0.05, 0) is 48.7 Å². The smallest absolute Gasteiger partial charge is 0.244 e. The van der Waals surface area contributed by atoms with E-state index in [0.717, 1.165) is 19.5 Å². The topological polar surface area (TPSA) is 88.6 Å². The van der Waals surface area contributed by atoms with Gasteiger partial charge in [0.1, 0.15) is 10.7 Å². The summed E-state index contributed by atoms with van der Waals surface area (Å²) in [7, 11) is -3.57. The molecule has 1 unspecified atom stereocenters. The third-order valence-electron chi connectivity index (χ3n) is 3.81. The summed E-state index contributed by atoms with van der Waals surface area (Å²) >= 11 is 3.13. The first-order valence-electron chi connectivity index (χ1n) is 7.05. The molecule has 0 aromatic carbocycles. The number of likely N-dealkylation sites (tertiary alicyclic amines) is 1. The molecule has 1 aliphatic rings. The van der Waals surface area contributed by atoms with E-state index in [9.17, 15) is 8.42 Å². The Labute approximate surface area is 134 Å². The second-order valence-corrected chi connectivity index (χ2v) is 8.11. The highest BCUT2D eigenvalue weighted by Gasteiger charge is 2.27. The predicted molar refractivity (Wildman–Crippen MR) is 84.3 cm³/mol. The quantitative estimate of drug-likeness (QED) is 0.781. The van der Waals surface area contributed by atoms with Crippen molar-refractivity contribution in [3.05, 3.63) is 16.5 Å². The van der Waals surface area contributed by atoms with Crippen molar-refractivity contribution in [3.8, 4) is 0 Å². The van der Waals surface area contributed by atoms with Crippen LogP contribution in [0.4, 0.5) is 0 Å². The van der Waals surface area contributed by atoms with Crippen molar-refractivity contribution in [2.75, 3.05) is 19.6 Å². The summed E-state index contributed by atoms with van der Waals surface area (Å²) in [6.07, 6.45) is 1.02. The number of nitrogens with two attached hydrogens (primary N) is 1. The maximum absolute atomic E-state index is 12.3. The summed E-state index contributed by atoms with van der Waals surface area (Å²) in [5.74, 6) is 0.788. The molecule has 6 nitrogen and oxygen atoms in total. The Bertz CT molecular complexity index is 585. The molecule has 3 N–H and O–H groups in total. The molecular weight excluding hydrogens is 358 g/mol. The lowest BCUT2D eigenvalue weighted by Gasteiger charge is -2.20. The van der Waals surface area contributed by atoms with E-state index in [1.165, 1.54) is 6.07 Å². The second-order valence-electron chi connectivity index (χ2n) is 5.65. The average molecular weight is 380 g/mol. The molecule has 0 amide bonds. The van der Waals surface area contributed by atoms with Crippen LogP contribution in [0.5, 0.6) is 0 Å². The molecule has 2 rings (SSSR count). The summed E-state index contributed by atoms with van der Waals surface area (Å²) in [5, 5.41) is 0. The number of furan rings is 1. The van der Waals surface area contributed by atoms with Gasteiger partial charge in [-0.3, -0.25) is 0 Å². The molecule has 0 aliphatic carbocycles. The first-order valence-corrected chi connectivity index (χ1v) is 9.33. The van der Waals surface area contributed by atoms with Crippen molar-refractivity contribution in [3.63, 3.8) is 0 Å². The fourth-order valence-electron chi connectivity index (χ4n) is 2.49. The maximum Gasteiger partial charge on any atom is 0.244 e. The fraction of sp³-hybridized carbons (Fsp3) is 0.692. The minimum atomic E-state index is -3.57. The zero-order chi connectivity index (χ0) is 15.6. The first kappa shape index (κ1) is 17.0. The number of sulfonamides is 1. The molecule has 0 saturated carbocycles. The summed E-state index contributed by atoms with van der Waals surface area (Å²) in [6.45, 7) is 6.88. The van der Waals surface area contributed by atoms with Gasteiger partial charge >= 0.3 is 0 Å². The Morgan fingerprint density at radius 1 is 1.57 bits per heavy atom. The van der Waals surface area contributed by atoms with Crippen molar-refractivity contribution < 1.29 is 12.8 Å². The predicted octanol–water partition coefficient (Wildman–Crippen LogP) is 1.51. The van der Waals surface area contributed by atoms with Gasteiger partial charge < -0.3 is 15.1 Å². The van der Waals surface area contributed by atoms with E-state index in [-0.39, 0.29) is 16.1 Å². The normalized spacial score (nSPS) is 20.5. The monoisotopic (exact) mass is 379 g/mol. The van der Waals surface area contributed by atoms with Crippen LogP contribution in [0.1, 0.15) is 26.0 Å². The van der Waals surface area contributed by atoms with E-state index in [1.54, 1.807) is 0 Å². The van der Waals surface area contributed by atoms with Crippen LogP contribution in [-0.2, 0) is 16.6 Å². The molecule has 21 heavy (non-hydrogen) atoms. The van der Waals surface area contributed by atoms with Gasteiger partial charge in [-0.15, -0.1) is 0 Å². The minimum absolute atomic E-state index is 0.113. The average Bonchev–Trinajstić information content (AvgIpc) is 3.03. The van der Waals surface area contributed by atoms with Gasteiger partial charge in [0, 0.05) is 25.2 Å². The molecule has 120 valence electrons. The highest BCUT2D eigenvalue weighted by Crippen LogP contribution is 2.26. The summed E-state index contributed by atoms with van der Waals surface area (Å²) in [4.78, 5) is 2.47. The van der Waals surface area contributed by atoms with Crippen molar-refractivity contribution in [1.29, 1.82) is 0 Å². The molecule has 1 aromatic heterocycles. The van der Waals surface area contributed by atoms with Crippen LogP contribution in [0, 0.1) is 5.92 Å². The molecule has 8 heteroatoms. The van der Waals surface area contributed by atoms with Gasteiger partial charge in [0.05, 0.1) is 6.54 Å². The summed E-state index contributed by atoms with van der Waals surface area (Å²) in [6, 6.07) is 1.96. The number of hydrogen-bond donors (Lipinski definition) is 2. The standard InChI is InChI=1S/C13H22BrN3O3S/c1-9(2)17-4-3-10(8-17)7-16-21(18,19)12-5-11(6-15)20-13(12)14/h5,9-10,16H,3-4,6-8,15H2,1-2H3. The van der Waals surface area contributed by atoms with Crippen LogP contribution in [0.25, 0.3) is 0 Å². The highest BCUT2D eigenvalue weighted by atomic mass is 79.9. The van der Waals surface area contributed by atoms with Crippen molar-refractivity contribution in [1.82, 2.24) is 9.62 Å². The number of nitrogens with zero attached hydrogens (tertiary/aromatic N) is 1. The van der Waals surface area contributed by atoms with Crippen molar-refractivity contribution in [2.24, 2.45) is 11.7 Å². The Morgan fingerprint density at radius 2 is 2.29 bits per heavy atom. The molecule has 1 aromatic rings. The maximum atomic E-state index is 12.3. The highest BCUT2D eigenvalue weighted by molar-refractivity contribution is 9.10. The third kappa shape index (κ3) is 4.07. The molecule has 2 heterocycles. The second kappa shape index (κ2) is 6.78. The van der Waals surface area contributed by atoms with Crippen LogP contribution >= 0.6 is 15.9 Å². The molecule has 1 atom stereocenters. The first-order chi connectivity index (χ1) is 9.83. The molecule has 0 radical (unpaired) electrons. The molecule has 1 fully saturated rings. The lowest BCUT2D eigenvalue weighted by atomic mass is 10.1. The van der Waals surface area contributed by atoms with Gasteiger partial charge in [0.15, 0.2) is 4.67 Å². The molecule has 0 bridgehead atoms. The SMILES string of the molecule is CC(C)N1CCC(CNS(=O)(=O)c2cc(CN)oc2Br)C1. The zero-order valence-electron chi connectivity index (χ0n) is 12.3. The minimum Gasteiger partial charge on any atom is -0.452 e. The Balaban J connectivity index is 1.97. The Morgan fingerprint density at radius 3 is 2.81 bits per heavy atom. The van der Waals surface area contributed by atoms with E-state index in [4.69, 9.17) is 10.2 Å². The van der Waals surface area contributed by atoms with Gasteiger partial charge in [-0.2, -0.15) is 0 Å². The number of nitrogens with one attached hydrogen (secondary N) is 1. The van der Waals surface area contributed by atoms with Gasteiger partial charge in [-0.1, -0.05) is 0 Å². The van der Waals surface area contributed by atoms with E-state index >= 15 is 0 Å². The Hall–Kier alpha value is -0.410. The zero-order valence-corrected chi connectivity index (χ0v) is 14.7. The van der Waals surface area contributed by atoms with Gasteiger partial charge in [0.2, 0.25) is 10.0 Å². The molecule has 0 spiro atoms. The number of halogens is 1. The van der Waals surface area contributed by atoms with E-state index in [0.29, 0.717) is 24.3 Å². The summed E-state index contributed by atoms with van der Waals surface area (Å²) in [5.41, 5.74) is 5.46. The van der Waals surface area contributed by atoms with Crippen molar-refractivity contribution in [2.45, 2.75) is 37.8 Å². The van der Waals surface area contributed by atoms with E-state index in [2.05, 4.69) is 39.4 Å². The van der Waals surface area contributed by atoms with Crippen LogP contribution in [0.15, 0.2) is 20.0 Å². The van der Waals surface area contributed by atoms with Crippen LogP contribution in [-0.4, -0.2) is 39.0 Å². The molecular formula is C13H22BrN3O3S. The lowest BCUT2D eigenvalue weighted by Crippen LogP contribution is -2.33.